The summed E-state index contributed by atoms with van der Waals surface area (Å²) in [5, 5.41) is 6.80. The van der Waals surface area contributed by atoms with Crippen LogP contribution in [-0.4, -0.2) is 39.7 Å². The van der Waals surface area contributed by atoms with E-state index in [0.717, 1.165) is 0 Å². The molecule has 2 aromatic heterocycles. The van der Waals surface area contributed by atoms with Gasteiger partial charge in [0, 0.05) is 17.9 Å². The monoisotopic (exact) mass is 341 g/mol. The summed E-state index contributed by atoms with van der Waals surface area (Å²) in [4.78, 5) is 31.6. The zero-order valence-corrected chi connectivity index (χ0v) is 13.6. The molecule has 3 aromatic rings. The summed E-state index contributed by atoms with van der Waals surface area (Å²) in [6.07, 6.45) is 1.42. The van der Waals surface area contributed by atoms with Gasteiger partial charge in [-0.05, 0) is 6.07 Å². The lowest BCUT2D eigenvalue weighted by molar-refractivity contribution is -0.116. The van der Waals surface area contributed by atoms with E-state index in [0.29, 0.717) is 28.4 Å². The lowest BCUT2D eigenvalue weighted by Crippen LogP contribution is -2.32. The maximum atomic E-state index is 12.7. The topological polar surface area (TPSA) is 111 Å². The SMILES string of the molecule is COc1cccc([C@@H]2CC(=O)Nc3c2c(=O)[nH]c2ncnn32)c1OC. The van der Waals surface area contributed by atoms with E-state index in [1.54, 1.807) is 12.1 Å². The first-order valence-electron chi connectivity index (χ1n) is 7.60. The molecule has 2 N–H and O–H groups in total. The molecule has 0 spiro atoms. The summed E-state index contributed by atoms with van der Waals surface area (Å²) < 4.78 is 12.2. The number of aromatic nitrogens is 4. The van der Waals surface area contributed by atoms with E-state index in [2.05, 4.69) is 20.4 Å². The van der Waals surface area contributed by atoms with Crippen molar-refractivity contribution in [2.24, 2.45) is 0 Å². The third kappa shape index (κ3) is 2.24. The average Bonchev–Trinajstić information content (AvgIpc) is 3.08. The molecule has 0 unspecified atom stereocenters. The Morgan fingerprint density at radius 2 is 2.08 bits per heavy atom. The molecule has 1 atom stereocenters. The third-order valence-electron chi connectivity index (χ3n) is 4.29. The summed E-state index contributed by atoms with van der Waals surface area (Å²) in [6, 6.07) is 5.38. The molecule has 0 saturated carbocycles. The molecule has 1 aliphatic heterocycles. The number of fused-ring (bicyclic) bond motifs is 3. The van der Waals surface area contributed by atoms with Gasteiger partial charge in [0.05, 0.1) is 19.8 Å². The van der Waals surface area contributed by atoms with E-state index in [4.69, 9.17) is 9.47 Å². The fourth-order valence-corrected chi connectivity index (χ4v) is 3.25. The first kappa shape index (κ1) is 15.2. The molecule has 0 saturated heterocycles. The van der Waals surface area contributed by atoms with Crippen LogP contribution in [0.15, 0.2) is 29.3 Å². The van der Waals surface area contributed by atoms with Crippen molar-refractivity contribution in [1.29, 1.82) is 0 Å². The van der Waals surface area contributed by atoms with E-state index in [1.165, 1.54) is 25.1 Å². The number of benzene rings is 1. The number of rotatable bonds is 3. The lowest BCUT2D eigenvalue weighted by atomic mass is 9.86. The van der Waals surface area contributed by atoms with Crippen LogP contribution in [-0.2, 0) is 4.79 Å². The average molecular weight is 341 g/mol. The number of para-hydroxylation sites is 1. The van der Waals surface area contributed by atoms with Gasteiger partial charge in [-0.2, -0.15) is 14.6 Å². The first-order chi connectivity index (χ1) is 12.1. The Kier molecular flexibility index (Phi) is 3.41. The van der Waals surface area contributed by atoms with Crippen molar-refractivity contribution in [2.45, 2.75) is 12.3 Å². The third-order valence-corrected chi connectivity index (χ3v) is 4.29. The summed E-state index contributed by atoms with van der Waals surface area (Å²) in [7, 11) is 3.06. The maximum Gasteiger partial charge on any atom is 0.258 e. The van der Waals surface area contributed by atoms with Crippen LogP contribution in [0.3, 0.4) is 0 Å². The molecule has 9 heteroatoms. The molecule has 1 aromatic carbocycles. The van der Waals surface area contributed by atoms with Gasteiger partial charge in [0.25, 0.3) is 5.56 Å². The summed E-state index contributed by atoms with van der Waals surface area (Å²) in [5.41, 5.74) is 0.775. The van der Waals surface area contributed by atoms with E-state index < -0.39 is 5.92 Å². The summed E-state index contributed by atoms with van der Waals surface area (Å²) in [5.74, 6) is 0.903. The summed E-state index contributed by atoms with van der Waals surface area (Å²) >= 11 is 0. The summed E-state index contributed by atoms with van der Waals surface area (Å²) in [6.45, 7) is 0. The molecule has 1 aliphatic rings. The van der Waals surface area contributed by atoms with Crippen molar-refractivity contribution < 1.29 is 14.3 Å². The van der Waals surface area contributed by atoms with Gasteiger partial charge >= 0.3 is 0 Å². The fraction of sp³-hybridized carbons (Fsp3) is 0.250. The van der Waals surface area contributed by atoms with Gasteiger partial charge in [0.2, 0.25) is 11.7 Å². The van der Waals surface area contributed by atoms with Crippen molar-refractivity contribution in [1.82, 2.24) is 19.6 Å². The number of hydrogen-bond donors (Lipinski definition) is 2. The number of carbonyl (C=O) groups is 1. The second kappa shape index (κ2) is 5.62. The van der Waals surface area contributed by atoms with Gasteiger partial charge in [-0.25, -0.2) is 0 Å². The number of H-pyrrole nitrogens is 1. The molecule has 4 rings (SSSR count). The number of nitrogens with zero attached hydrogens (tertiary/aromatic N) is 3. The Bertz CT molecular complexity index is 1040. The molecule has 0 bridgehead atoms. The smallest absolute Gasteiger partial charge is 0.258 e. The van der Waals surface area contributed by atoms with Crippen molar-refractivity contribution >= 4 is 17.5 Å². The van der Waals surface area contributed by atoms with Crippen molar-refractivity contribution in [3.8, 4) is 11.5 Å². The Labute approximate surface area is 141 Å². The van der Waals surface area contributed by atoms with Crippen LogP contribution >= 0.6 is 0 Å². The predicted molar refractivity (Wildman–Crippen MR) is 88.2 cm³/mol. The van der Waals surface area contributed by atoms with Gasteiger partial charge in [-0.15, -0.1) is 0 Å². The van der Waals surface area contributed by atoms with Crippen LogP contribution in [0.25, 0.3) is 5.78 Å². The molecular weight excluding hydrogens is 326 g/mol. The molecule has 0 radical (unpaired) electrons. The number of methoxy groups -OCH3 is 2. The molecule has 3 heterocycles. The van der Waals surface area contributed by atoms with E-state index in [-0.39, 0.29) is 23.7 Å². The largest absolute Gasteiger partial charge is 0.493 e. The van der Waals surface area contributed by atoms with E-state index >= 15 is 0 Å². The minimum Gasteiger partial charge on any atom is -0.493 e. The predicted octanol–water partition coefficient (Wildman–Crippen LogP) is 0.909. The van der Waals surface area contributed by atoms with Crippen LogP contribution < -0.4 is 20.3 Å². The molecule has 1 amide bonds. The maximum absolute atomic E-state index is 12.7. The number of ether oxygens (including phenoxy) is 2. The second-order valence-corrected chi connectivity index (χ2v) is 5.60. The molecule has 0 fully saturated rings. The van der Waals surface area contributed by atoms with Crippen LogP contribution in [0.4, 0.5) is 5.82 Å². The Morgan fingerprint density at radius 3 is 2.84 bits per heavy atom. The number of carbonyl (C=O) groups excluding carboxylic acids is 1. The van der Waals surface area contributed by atoms with Gasteiger partial charge in [0.1, 0.15) is 12.1 Å². The zero-order chi connectivity index (χ0) is 17.6. The fourth-order valence-electron chi connectivity index (χ4n) is 3.25. The standard InChI is InChI=1S/C16H15N5O4/c1-24-10-5-3-4-8(13(10)25-2)9-6-11(22)19-14-12(9)15(23)20-16-17-7-18-21(14)16/h3-5,7,9H,6H2,1-2H3,(H,19,22)(H,17,18,20,23)/t9-/m0/s1. The first-order valence-corrected chi connectivity index (χ1v) is 7.60. The van der Waals surface area contributed by atoms with Gasteiger partial charge < -0.3 is 14.8 Å². The highest BCUT2D eigenvalue weighted by Gasteiger charge is 2.34. The Balaban J connectivity index is 2.00. The molecule has 9 nitrogen and oxygen atoms in total. The van der Waals surface area contributed by atoms with Gasteiger partial charge in [0.15, 0.2) is 11.5 Å². The van der Waals surface area contributed by atoms with Crippen molar-refractivity contribution in [2.75, 3.05) is 19.5 Å². The number of aromatic amines is 1. The van der Waals surface area contributed by atoms with Crippen molar-refractivity contribution in [3.05, 3.63) is 46.0 Å². The lowest BCUT2D eigenvalue weighted by Gasteiger charge is -2.26. The highest BCUT2D eigenvalue weighted by atomic mass is 16.5. The van der Waals surface area contributed by atoms with Crippen LogP contribution in [0.1, 0.15) is 23.5 Å². The van der Waals surface area contributed by atoms with E-state index in [9.17, 15) is 9.59 Å². The van der Waals surface area contributed by atoms with Crippen molar-refractivity contribution in [3.63, 3.8) is 0 Å². The zero-order valence-electron chi connectivity index (χ0n) is 13.6. The Morgan fingerprint density at radius 1 is 1.24 bits per heavy atom. The Hall–Kier alpha value is -3.36. The van der Waals surface area contributed by atoms with Gasteiger partial charge in [-0.1, -0.05) is 12.1 Å². The normalized spacial score (nSPS) is 16.4. The number of anilines is 1. The van der Waals surface area contributed by atoms with Gasteiger partial charge in [-0.3, -0.25) is 14.6 Å². The number of nitrogens with one attached hydrogen (secondary N) is 2. The minimum atomic E-state index is -0.494. The highest BCUT2D eigenvalue weighted by Crippen LogP contribution is 2.42. The molecule has 128 valence electrons. The van der Waals surface area contributed by atoms with Crippen LogP contribution in [0.5, 0.6) is 11.5 Å². The van der Waals surface area contributed by atoms with E-state index in [1.807, 2.05) is 6.07 Å². The van der Waals surface area contributed by atoms with Crippen LogP contribution in [0, 0.1) is 0 Å². The number of hydrogen-bond acceptors (Lipinski definition) is 6. The number of amides is 1. The molecular formula is C16H15N5O4. The molecule has 25 heavy (non-hydrogen) atoms. The highest BCUT2D eigenvalue weighted by molar-refractivity contribution is 5.94. The molecule has 0 aliphatic carbocycles. The van der Waals surface area contributed by atoms with Crippen LogP contribution in [0.2, 0.25) is 0 Å². The quantitative estimate of drug-likeness (QED) is 0.732. The minimum absolute atomic E-state index is 0.111. The second-order valence-electron chi connectivity index (χ2n) is 5.60.